The number of aryl methyl sites for hydroxylation is 1. The van der Waals surface area contributed by atoms with Crippen molar-refractivity contribution < 1.29 is 9.53 Å². The van der Waals surface area contributed by atoms with Crippen LogP contribution in [0.25, 0.3) is 0 Å². The zero-order valence-corrected chi connectivity index (χ0v) is 10.6. The molecule has 1 aromatic carbocycles. The third-order valence-electron chi connectivity index (χ3n) is 2.14. The molecule has 86 valence electrons. The van der Waals surface area contributed by atoms with E-state index in [1.54, 1.807) is 18.7 Å². The van der Waals surface area contributed by atoms with Gasteiger partial charge in [0.15, 0.2) is 0 Å². The summed E-state index contributed by atoms with van der Waals surface area (Å²) >= 11 is 1.71. The van der Waals surface area contributed by atoms with Crippen LogP contribution in [-0.4, -0.2) is 18.8 Å². The number of carbonyl (C=O) groups excluding carboxylic acids is 1. The van der Waals surface area contributed by atoms with E-state index in [0.29, 0.717) is 5.57 Å². The minimum absolute atomic E-state index is 0.259. The minimum atomic E-state index is -0.259. The Morgan fingerprint density at radius 3 is 2.88 bits per heavy atom. The van der Waals surface area contributed by atoms with E-state index in [2.05, 4.69) is 29.9 Å². The van der Waals surface area contributed by atoms with Gasteiger partial charge in [-0.05, 0) is 26.0 Å². The van der Waals surface area contributed by atoms with Crippen molar-refractivity contribution in [1.82, 2.24) is 0 Å². The summed E-state index contributed by atoms with van der Waals surface area (Å²) in [5.74, 6) is 0.523. The number of ether oxygens (including phenoxy) is 1. The lowest BCUT2D eigenvalue weighted by molar-refractivity contribution is -0.136. The maximum atomic E-state index is 11.1. The maximum absolute atomic E-state index is 11.1. The van der Waals surface area contributed by atoms with Crippen LogP contribution in [0.3, 0.4) is 0 Å². The summed E-state index contributed by atoms with van der Waals surface area (Å²) in [5.41, 5.74) is 1.90. The molecule has 0 aliphatic carbocycles. The molecule has 0 fully saturated rings. The van der Waals surface area contributed by atoms with Crippen molar-refractivity contribution in [2.75, 3.05) is 12.9 Å². The van der Waals surface area contributed by atoms with Crippen molar-refractivity contribution in [1.29, 1.82) is 0 Å². The van der Waals surface area contributed by atoms with Gasteiger partial charge in [0.2, 0.25) is 0 Å². The largest absolute Gasteiger partial charge is 0.466 e. The van der Waals surface area contributed by atoms with Crippen LogP contribution in [0.1, 0.15) is 12.5 Å². The number of esters is 1. The van der Waals surface area contributed by atoms with Crippen molar-refractivity contribution in [3.8, 4) is 0 Å². The standard InChI is InChI=1S/C13H16O2S/c1-10-5-4-6-12(9-10)16-8-7-11(2)13(14)15-3/h4-7,9H,8H2,1-3H3. The highest BCUT2D eigenvalue weighted by molar-refractivity contribution is 7.99. The van der Waals surface area contributed by atoms with Gasteiger partial charge in [-0.1, -0.05) is 23.8 Å². The first-order valence-corrected chi connectivity index (χ1v) is 6.06. The van der Waals surface area contributed by atoms with Gasteiger partial charge in [-0.15, -0.1) is 11.8 Å². The molecule has 1 aromatic rings. The molecule has 0 heterocycles. The highest BCUT2D eigenvalue weighted by atomic mass is 32.2. The third kappa shape index (κ3) is 4.11. The summed E-state index contributed by atoms with van der Waals surface area (Å²) in [5, 5.41) is 0. The smallest absolute Gasteiger partial charge is 0.333 e. The molecule has 0 spiro atoms. The van der Waals surface area contributed by atoms with Gasteiger partial charge in [-0.3, -0.25) is 0 Å². The molecule has 0 aromatic heterocycles. The second kappa shape index (κ2) is 6.38. The zero-order chi connectivity index (χ0) is 12.0. The average Bonchev–Trinajstić information content (AvgIpc) is 2.28. The number of hydrogen-bond acceptors (Lipinski definition) is 3. The first-order valence-electron chi connectivity index (χ1n) is 5.08. The molecule has 0 saturated heterocycles. The van der Waals surface area contributed by atoms with Crippen LogP contribution in [0.2, 0.25) is 0 Å². The number of benzene rings is 1. The van der Waals surface area contributed by atoms with Crippen LogP contribution in [0, 0.1) is 6.92 Å². The van der Waals surface area contributed by atoms with Gasteiger partial charge in [0.25, 0.3) is 0 Å². The monoisotopic (exact) mass is 236 g/mol. The Morgan fingerprint density at radius 2 is 2.25 bits per heavy atom. The quantitative estimate of drug-likeness (QED) is 0.456. The van der Waals surface area contributed by atoms with E-state index >= 15 is 0 Å². The number of thioether (sulfide) groups is 1. The minimum Gasteiger partial charge on any atom is -0.466 e. The van der Waals surface area contributed by atoms with Gasteiger partial charge in [-0.25, -0.2) is 4.79 Å². The summed E-state index contributed by atoms with van der Waals surface area (Å²) < 4.78 is 4.62. The lowest BCUT2D eigenvalue weighted by atomic mass is 10.2. The number of hydrogen-bond donors (Lipinski definition) is 0. The lowest BCUT2D eigenvalue weighted by Crippen LogP contribution is -2.01. The van der Waals surface area contributed by atoms with Crippen molar-refractivity contribution in [3.63, 3.8) is 0 Å². The third-order valence-corrected chi connectivity index (χ3v) is 3.06. The van der Waals surface area contributed by atoms with Crippen molar-refractivity contribution in [2.24, 2.45) is 0 Å². The predicted molar refractivity (Wildman–Crippen MR) is 67.7 cm³/mol. The van der Waals surface area contributed by atoms with E-state index in [9.17, 15) is 4.79 Å². The van der Waals surface area contributed by atoms with Crippen LogP contribution in [0.4, 0.5) is 0 Å². The Bertz CT molecular complexity index is 397. The Morgan fingerprint density at radius 1 is 1.50 bits per heavy atom. The zero-order valence-electron chi connectivity index (χ0n) is 9.82. The van der Waals surface area contributed by atoms with Crippen molar-refractivity contribution in [2.45, 2.75) is 18.7 Å². The molecule has 0 unspecified atom stereocenters. The van der Waals surface area contributed by atoms with E-state index in [0.717, 1.165) is 5.75 Å². The Hall–Kier alpha value is -1.22. The van der Waals surface area contributed by atoms with E-state index < -0.39 is 0 Å². The molecule has 0 bridgehead atoms. The summed E-state index contributed by atoms with van der Waals surface area (Å²) in [4.78, 5) is 12.3. The van der Waals surface area contributed by atoms with Crippen molar-refractivity contribution in [3.05, 3.63) is 41.5 Å². The van der Waals surface area contributed by atoms with Gasteiger partial charge < -0.3 is 4.74 Å². The van der Waals surface area contributed by atoms with Gasteiger partial charge in [0.05, 0.1) is 7.11 Å². The first kappa shape index (κ1) is 12.8. The van der Waals surface area contributed by atoms with Crippen LogP contribution < -0.4 is 0 Å². The molecule has 2 nitrogen and oxygen atoms in total. The SMILES string of the molecule is COC(=O)C(C)=CCSc1cccc(C)c1. The Balaban J connectivity index is 2.50. The van der Waals surface area contributed by atoms with E-state index in [1.807, 2.05) is 12.1 Å². The normalized spacial score (nSPS) is 11.3. The fourth-order valence-corrected chi connectivity index (χ4v) is 2.18. The molecule has 1 rings (SSSR count). The highest BCUT2D eigenvalue weighted by Gasteiger charge is 2.01. The first-order chi connectivity index (χ1) is 7.63. The molecule has 0 aliphatic heterocycles. The summed E-state index contributed by atoms with van der Waals surface area (Å²) in [6.45, 7) is 3.84. The molecule has 0 N–H and O–H groups in total. The van der Waals surface area contributed by atoms with E-state index in [-0.39, 0.29) is 5.97 Å². The second-order valence-electron chi connectivity index (χ2n) is 3.51. The summed E-state index contributed by atoms with van der Waals surface area (Å²) in [6, 6.07) is 8.30. The van der Waals surface area contributed by atoms with Gasteiger partial charge in [0, 0.05) is 16.2 Å². The summed E-state index contributed by atoms with van der Waals surface area (Å²) in [6.07, 6.45) is 1.89. The molecule has 0 saturated carbocycles. The molecule has 0 radical (unpaired) electrons. The fourth-order valence-electron chi connectivity index (χ4n) is 1.21. The van der Waals surface area contributed by atoms with Gasteiger partial charge >= 0.3 is 5.97 Å². The molecule has 0 aliphatic rings. The van der Waals surface area contributed by atoms with Crippen LogP contribution in [0.15, 0.2) is 40.8 Å². The second-order valence-corrected chi connectivity index (χ2v) is 4.60. The number of carbonyl (C=O) groups is 1. The Labute approximate surface area is 101 Å². The molecule has 16 heavy (non-hydrogen) atoms. The molecule has 3 heteroatoms. The summed E-state index contributed by atoms with van der Waals surface area (Å²) in [7, 11) is 1.40. The maximum Gasteiger partial charge on any atom is 0.333 e. The van der Waals surface area contributed by atoms with E-state index in [4.69, 9.17) is 0 Å². The number of methoxy groups -OCH3 is 1. The average molecular weight is 236 g/mol. The van der Waals surface area contributed by atoms with Crippen molar-refractivity contribution >= 4 is 17.7 Å². The molecular formula is C13H16O2S. The van der Waals surface area contributed by atoms with Crippen LogP contribution >= 0.6 is 11.8 Å². The fraction of sp³-hybridized carbons (Fsp3) is 0.308. The highest BCUT2D eigenvalue weighted by Crippen LogP contribution is 2.19. The van der Waals surface area contributed by atoms with Crippen LogP contribution in [-0.2, 0) is 9.53 Å². The van der Waals surface area contributed by atoms with E-state index in [1.165, 1.54) is 17.6 Å². The molecule has 0 atom stereocenters. The lowest BCUT2D eigenvalue weighted by Gasteiger charge is -2.01. The predicted octanol–water partition coefficient (Wildman–Crippen LogP) is 3.21. The van der Waals surface area contributed by atoms with Gasteiger partial charge in [0.1, 0.15) is 0 Å². The number of rotatable bonds is 4. The topological polar surface area (TPSA) is 26.3 Å². The molecule has 0 amide bonds. The van der Waals surface area contributed by atoms with Crippen LogP contribution in [0.5, 0.6) is 0 Å². The van der Waals surface area contributed by atoms with Gasteiger partial charge in [-0.2, -0.15) is 0 Å². The Kier molecular flexibility index (Phi) is 5.12. The molecular weight excluding hydrogens is 220 g/mol.